The monoisotopic (exact) mass is 461 g/mol. The zero-order chi connectivity index (χ0) is 20.4. The first kappa shape index (κ1) is 23.3. The zero-order valence-corrected chi connectivity index (χ0v) is 19.2. The number of carbonyl (C=O) groups excluding carboxylic acids is 1. The van der Waals surface area contributed by atoms with Gasteiger partial charge in [0.1, 0.15) is 0 Å². The Morgan fingerprint density at radius 1 is 1.11 bits per heavy atom. The number of nitrogens with zero attached hydrogens (tertiary/aromatic N) is 2. The van der Waals surface area contributed by atoms with Crippen molar-refractivity contribution in [2.45, 2.75) is 56.7 Å². The Kier molecular flexibility index (Phi) is 10.4. The molecule has 0 spiro atoms. The van der Waals surface area contributed by atoms with Crippen molar-refractivity contribution in [1.82, 2.24) is 10.2 Å². The summed E-state index contributed by atoms with van der Waals surface area (Å²) in [5.74, 6) is 1.07. The van der Waals surface area contributed by atoms with Crippen LogP contribution in [0, 0.1) is 0 Å². The maximum atomic E-state index is 12.5. The van der Waals surface area contributed by atoms with E-state index in [4.69, 9.17) is 27.9 Å². The highest BCUT2D eigenvalue weighted by Gasteiger charge is 2.16. The minimum atomic E-state index is -0.334. The lowest BCUT2D eigenvalue weighted by molar-refractivity contribution is 0.102. The summed E-state index contributed by atoms with van der Waals surface area (Å²) in [5.41, 5.74) is 0.351. The molecule has 1 aromatic carbocycles. The summed E-state index contributed by atoms with van der Waals surface area (Å²) in [4.78, 5) is 12.5. The number of thioether (sulfide) groups is 1. The van der Waals surface area contributed by atoms with Crippen LogP contribution in [0.5, 0.6) is 5.75 Å². The van der Waals surface area contributed by atoms with E-state index in [1.54, 1.807) is 23.9 Å². The number of hydrogen-bond donors (Lipinski definition) is 1. The fourth-order valence-electron chi connectivity index (χ4n) is 2.32. The van der Waals surface area contributed by atoms with Gasteiger partial charge in [-0.25, -0.2) is 0 Å². The van der Waals surface area contributed by atoms with Crippen LogP contribution >= 0.6 is 46.3 Å². The summed E-state index contributed by atoms with van der Waals surface area (Å²) < 4.78 is 6.54. The molecule has 5 nitrogen and oxygen atoms in total. The van der Waals surface area contributed by atoms with Crippen molar-refractivity contribution < 1.29 is 9.53 Å². The third-order valence-corrected chi connectivity index (χ3v) is 6.47. The molecule has 1 aromatic heterocycles. The fraction of sp³-hybridized carbons (Fsp3) is 0.526. The van der Waals surface area contributed by atoms with Crippen molar-refractivity contribution in [1.29, 1.82) is 0 Å². The van der Waals surface area contributed by atoms with E-state index in [1.807, 2.05) is 0 Å². The van der Waals surface area contributed by atoms with Gasteiger partial charge in [-0.15, -0.1) is 10.2 Å². The number of halogens is 2. The number of anilines is 1. The first-order chi connectivity index (χ1) is 13.5. The van der Waals surface area contributed by atoms with E-state index < -0.39 is 0 Å². The maximum absolute atomic E-state index is 12.5. The summed E-state index contributed by atoms with van der Waals surface area (Å²) in [6.07, 6.45) is 6.64. The second kappa shape index (κ2) is 12.5. The summed E-state index contributed by atoms with van der Waals surface area (Å²) in [6, 6.07) is 3.12. The molecule has 1 heterocycles. The van der Waals surface area contributed by atoms with E-state index in [0.29, 0.717) is 33.1 Å². The Bertz CT molecular complexity index is 748. The highest BCUT2D eigenvalue weighted by atomic mass is 35.5. The van der Waals surface area contributed by atoms with Crippen LogP contribution in [0.15, 0.2) is 16.5 Å². The molecule has 0 atom stereocenters. The molecular formula is C19H25Cl2N3O2S2. The molecule has 1 N–H and O–H groups in total. The minimum Gasteiger partial charge on any atom is -0.490 e. The molecule has 2 aromatic rings. The van der Waals surface area contributed by atoms with Gasteiger partial charge >= 0.3 is 0 Å². The molecule has 1 amide bonds. The third-order valence-electron chi connectivity index (χ3n) is 3.86. The number of carbonyl (C=O) groups is 1. The number of nitrogens with one attached hydrogen (secondary N) is 1. The Morgan fingerprint density at radius 2 is 1.82 bits per heavy atom. The van der Waals surface area contributed by atoms with Gasteiger partial charge in [-0.3, -0.25) is 10.1 Å². The lowest BCUT2D eigenvalue weighted by Crippen LogP contribution is -2.12. The van der Waals surface area contributed by atoms with Gasteiger partial charge in [0.15, 0.2) is 10.1 Å². The van der Waals surface area contributed by atoms with Gasteiger partial charge in [0.25, 0.3) is 5.91 Å². The van der Waals surface area contributed by atoms with Crippen LogP contribution in [0.4, 0.5) is 5.13 Å². The van der Waals surface area contributed by atoms with Crippen LogP contribution in [0.2, 0.25) is 10.0 Å². The van der Waals surface area contributed by atoms with Crippen LogP contribution in [0.1, 0.15) is 62.7 Å². The van der Waals surface area contributed by atoms with E-state index in [-0.39, 0.29) is 5.91 Å². The lowest BCUT2D eigenvalue weighted by Gasteiger charge is -2.11. The predicted molar refractivity (Wildman–Crippen MR) is 120 cm³/mol. The maximum Gasteiger partial charge on any atom is 0.257 e. The van der Waals surface area contributed by atoms with E-state index in [0.717, 1.165) is 35.8 Å². The molecule has 28 heavy (non-hydrogen) atoms. The van der Waals surface area contributed by atoms with E-state index in [2.05, 4.69) is 29.4 Å². The van der Waals surface area contributed by atoms with Gasteiger partial charge in [0, 0.05) is 11.3 Å². The quantitative estimate of drug-likeness (QED) is 0.210. The first-order valence-electron chi connectivity index (χ1n) is 9.44. The summed E-state index contributed by atoms with van der Waals surface area (Å²) in [7, 11) is 0. The van der Waals surface area contributed by atoms with Crippen molar-refractivity contribution in [3.8, 4) is 5.75 Å². The minimum absolute atomic E-state index is 0.321. The highest BCUT2D eigenvalue weighted by Crippen LogP contribution is 2.35. The van der Waals surface area contributed by atoms with Crippen molar-refractivity contribution in [2.24, 2.45) is 0 Å². The standard InChI is InChI=1S/C19H25Cl2N3O2S2/c1-3-5-7-8-9-26-16-14(20)11-13(12-15(16)21)17(25)22-18-23-24-19(28-18)27-10-6-4-2/h11-12H,3-10H2,1-2H3,(H,22,23,25). The van der Waals surface area contributed by atoms with Gasteiger partial charge in [-0.1, -0.05) is 85.8 Å². The SMILES string of the molecule is CCCCCCOc1c(Cl)cc(C(=O)Nc2nnc(SCCCC)s2)cc1Cl. The number of ether oxygens (including phenoxy) is 1. The van der Waals surface area contributed by atoms with Crippen LogP contribution < -0.4 is 10.1 Å². The van der Waals surface area contributed by atoms with Gasteiger partial charge in [-0.05, 0) is 25.0 Å². The number of rotatable bonds is 12. The lowest BCUT2D eigenvalue weighted by atomic mass is 10.2. The van der Waals surface area contributed by atoms with E-state index >= 15 is 0 Å². The van der Waals surface area contributed by atoms with Crippen molar-refractivity contribution in [3.63, 3.8) is 0 Å². The topological polar surface area (TPSA) is 64.1 Å². The predicted octanol–water partition coefficient (Wildman–Crippen LogP) is 6.95. The molecule has 154 valence electrons. The number of aromatic nitrogens is 2. The molecule has 0 aliphatic heterocycles. The number of unbranched alkanes of at least 4 members (excludes halogenated alkanes) is 4. The molecule has 0 aliphatic carbocycles. The highest BCUT2D eigenvalue weighted by molar-refractivity contribution is 8.01. The Morgan fingerprint density at radius 3 is 2.50 bits per heavy atom. The van der Waals surface area contributed by atoms with Gasteiger partial charge in [-0.2, -0.15) is 0 Å². The van der Waals surface area contributed by atoms with Crippen LogP contribution in [-0.2, 0) is 0 Å². The molecule has 0 fully saturated rings. The number of hydrogen-bond acceptors (Lipinski definition) is 6. The fourth-order valence-corrected chi connectivity index (χ4v) is 4.82. The van der Waals surface area contributed by atoms with Crippen LogP contribution in [-0.4, -0.2) is 28.5 Å². The Labute approximate surface area is 184 Å². The molecule has 0 saturated carbocycles. The molecule has 0 aliphatic rings. The largest absolute Gasteiger partial charge is 0.490 e. The Balaban J connectivity index is 1.94. The average Bonchev–Trinajstić information content (AvgIpc) is 3.10. The normalized spacial score (nSPS) is 10.9. The average molecular weight is 462 g/mol. The van der Waals surface area contributed by atoms with E-state index in [9.17, 15) is 4.79 Å². The smallest absolute Gasteiger partial charge is 0.257 e. The Hall–Kier alpha value is -1.02. The molecule has 0 saturated heterocycles. The zero-order valence-electron chi connectivity index (χ0n) is 16.1. The molecule has 0 bridgehead atoms. The summed E-state index contributed by atoms with van der Waals surface area (Å²) in [5, 5.41) is 11.9. The first-order valence-corrected chi connectivity index (χ1v) is 12.0. The van der Waals surface area contributed by atoms with Gasteiger partial charge in [0.2, 0.25) is 5.13 Å². The number of benzene rings is 1. The van der Waals surface area contributed by atoms with E-state index in [1.165, 1.54) is 24.2 Å². The molecule has 0 radical (unpaired) electrons. The molecule has 9 heteroatoms. The summed E-state index contributed by atoms with van der Waals surface area (Å²) in [6.45, 7) is 4.85. The van der Waals surface area contributed by atoms with Gasteiger partial charge < -0.3 is 4.74 Å². The van der Waals surface area contributed by atoms with Crippen LogP contribution in [0.25, 0.3) is 0 Å². The van der Waals surface area contributed by atoms with Crippen molar-refractivity contribution in [2.75, 3.05) is 17.7 Å². The second-order valence-electron chi connectivity index (χ2n) is 6.21. The van der Waals surface area contributed by atoms with Crippen LogP contribution in [0.3, 0.4) is 0 Å². The van der Waals surface area contributed by atoms with Gasteiger partial charge in [0.05, 0.1) is 16.7 Å². The molecule has 0 unspecified atom stereocenters. The van der Waals surface area contributed by atoms with Crippen molar-refractivity contribution >= 4 is 57.3 Å². The number of amides is 1. The second-order valence-corrected chi connectivity index (χ2v) is 9.34. The third kappa shape index (κ3) is 7.43. The summed E-state index contributed by atoms with van der Waals surface area (Å²) >= 11 is 15.6. The molecule has 2 rings (SSSR count). The molecular weight excluding hydrogens is 437 g/mol. The van der Waals surface area contributed by atoms with Crippen molar-refractivity contribution in [3.05, 3.63) is 27.7 Å².